The quantitative estimate of drug-likeness (QED) is 0.805. The number of nitrogens with zero attached hydrogens (tertiary/aromatic N) is 1. The Labute approximate surface area is 150 Å². The van der Waals surface area contributed by atoms with Crippen molar-refractivity contribution in [1.29, 1.82) is 0 Å². The molecule has 0 atom stereocenters. The Morgan fingerprint density at radius 2 is 1.81 bits per heavy atom. The van der Waals surface area contributed by atoms with E-state index in [1.807, 2.05) is 0 Å². The van der Waals surface area contributed by atoms with Crippen LogP contribution in [0.1, 0.15) is 22.8 Å². The van der Waals surface area contributed by atoms with Gasteiger partial charge in [0.25, 0.3) is 0 Å². The van der Waals surface area contributed by atoms with Gasteiger partial charge in [0.2, 0.25) is 12.7 Å². The third kappa shape index (κ3) is 4.18. The summed E-state index contributed by atoms with van der Waals surface area (Å²) in [6, 6.07) is 9.29. The van der Waals surface area contributed by atoms with E-state index in [0.29, 0.717) is 29.3 Å². The van der Waals surface area contributed by atoms with Crippen LogP contribution in [0.5, 0.6) is 11.5 Å². The molecule has 0 saturated heterocycles. The highest BCUT2D eigenvalue weighted by Crippen LogP contribution is 2.37. The van der Waals surface area contributed by atoms with Crippen LogP contribution >= 0.6 is 0 Å². The summed E-state index contributed by atoms with van der Waals surface area (Å²) in [5, 5.41) is 2.75. The molecule has 0 aliphatic carbocycles. The molecule has 0 saturated carbocycles. The van der Waals surface area contributed by atoms with E-state index in [1.165, 1.54) is 19.1 Å². The minimum absolute atomic E-state index is 0.0878. The SMILES string of the molecule is CC(=O)c1cc2c(cc1NC(=O)CN(C)Cc1ccc(F)cc1)OCO2. The molecule has 0 unspecified atom stereocenters. The first-order valence-electron chi connectivity index (χ1n) is 8.10. The van der Waals surface area contributed by atoms with Crippen molar-refractivity contribution < 1.29 is 23.5 Å². The van der Waals surface area contributed by atoms with Gasteiger partial charge in [-0.15, -0.1) is 0 Å². The zero-order valence-electron chi connectivity index (χ0n) is 14.5. The lowest BCUT2D eigenvalue weighted by molar-refractivity contribution is -0.117. The fourth-order valence-electron chi connectivity index (χ4n) is 2.73. The Balaban J connectivity index is 1.66. The van der Waals surface area contributed by atoms with E-state index in [-0.39, 0.29) is 30.8 Å². The number of carbonyl (C=O) groups excluding carboxylic acids is 2. The topological polar surface area (TPSA) is 67.9 Å². The molecular weight excluding hydrogens is 339 g/mol. The first-order chi connectivity index (χ1) is 12.4. The number of halogens is 1. The Morgan fingerprint density at radius 3 is 2.46 bits per heavy atom. The molecule has 1 aliphatic heterocycles. The van der Waals surface area contributed by atoms with Crippen molar-refractivity contribution in [2.45, 2.75) is 13.5 Å². The predicted octanol–water partition coefficient (Wildman–Crippen LogP) is 2.83. The van der Waals surface area contributed by atoms with Crippen molar-refractivity contribution in [3.63, 3.8) is 0 Å². The predicted molar refractivity (Wildman–Crippen MR) is 93.9 cm³/mol. The van der Waals surface area contributed by atoms with Crippen LogP contribution in [-0.2, 0) is 11.3 Å². The molecule has 0 aromatic heterocycles. The number of nitrogens with one attached hydrogen (secondary N) is 1. The van der Waals surface area contributed by atoms with Gasteiger partial charge in [-0.2, -0.15) is 0 Å². The maximum atomic E-state index is 12.9. The molecule has 1 amide bonds. The molecular formula is C19H19FN2O4. The maximum Gasteiger partial charge on any atom is 0.238 e. The molecule has 0 fully saturated rings. The molecule has 1 heterocycles. The van der Waals surface area contributed by atoms with Crippen LogP contribution in [0.2, 0.25) is 0 Å². The van der Waals surface area contributed by atoms with Gasteiger partial charge in [-0.3, -0.25) is 14.5 Å². The molecule has 0 radical (unpaired) electrons. The number of ketones is 1. The van der Waals surface area contributed by atoms with Gasteiger partial charge in [0.15, 0.2) is 17.3 Å². The summed E-state index contributed by atoms with van der Waals surface area (Å²) in [6.07, 6.45) is 0. The van der Waals surface area contributed by atoms with Crippen molar-refractivity contribution in [2.75, 3.05) is 25.7 Å². The highest BCUT2D eigenvalue weighted by Gasteiger charge is 2.20. The molecule has 26 heavy (non-hydrogen) atoms. The van der Waals surface area contributed by atoms with Gasteiger partial charge in [0, 0.05) is 18.2 Å². The third-order valence-electron chi connectivity index (χ3n) is 3.95. The van der Waals surface area contributed by atoms with E-state index in [1.54, 1.807) is 36.2 Å². The van der Waals surface area contributed by atoms with E-state index >= 15 is 0 Å². The third-order valence-corrected chi connectivity index (χ3v) is 3.95. The lowest BCUT2D eigenvalue weighted by Crippen LogP contribution is -2.30. The zero-order valence-corrected chi connectivity index (χ0v) is 14.5. The Hall–Kier alpha value is -2.93. The number of fused-ring (bicyclic) bond motifs is 1. The van der Waals surface area contributed by atoms with E-state index < -0.39 is 0 Å². The van der Waals surface area contributed by atoms with Crippen molar-refractivity contribution in [1.82, 2.24) is 4.90 Å². The number of ether oxygens (including phenoxy) is 2. The average Bonchev–Trinajstić information content (AvgIpc) is 3.03. The monoisotopic (exact) mass is 358 g/mol. The number of likely N-dealkylation sites (N-methyl/N-ethyl adjacent to an activating group) is 1. The summed E-state index contributed by atoms with van der Waals surface area (Å²) in [6.45, 7) is 2.12. The van der Waals surface area contributed by atoms with Gasteiger partial charge in [-0.25, -0.2) is 4.39 Å². The molecule has 0 bridgehead atoms. The van der Waals surface area contributed by atoms with Gasteiger partial charge in [0.05, 0.1) is 12.2 Å². The maximum absolute atomic E-state index is 12.9. The lowest BCUT2D eigenvalue weighted by Gasteiger charge is -2.17. The second kappa shape index (κ2) is 7.53. The van der Waals surface area contributed by atoms with E-state index in [9.17, 15) is 14.0 Å². The molecule has 3 rings (SSSR count). The van der Waals surface area contributed by atoms with Crippen molar-refractivity contribution in [3.8, 4) is 11.5 Å². The number of amides is 1. The number of hydrogen-bond acceptors (Lipinski definition) is 5. The number of benzene rings is 2. The first kappa shape index (κ1) is 17.9. The van der Waals surface area contributed by atoms with E-state index in [0.717, 1.165) is 5.56 Å². The normalized spacial score (nSPS) is 12.3. The largest absolute Gasteiger partial charge is 0.454 e. The minimum Gasteiger partial charge on any atom is -0.454 e. The van der Waals surface area contributed by atoms with Crippen LogP contribution in [0.25, 0.3) is 0 Å². The van der Waals surface area contributed by atoms with Crippen molar-refractivity contribution in [2.24, 2.45) is 0 Å². The van der Waals surface area contributed by atoms with Gasteiger partial charge in [-0.05, 0) is 37.7 Å². The van der Waals surface area contributed by atoms with Gasteiger partial charge in [-0.1, -0.05) is 12.1 Å². The summed E-state index contributed by atoms with van der Waals surface area (Å²) >= 11 is 0. The highest BCUT2D eigenvalue weighted by atomic mass is 19.1. The minimum atomic E-state index is -0.297. The Morgan fingerprint density at radius 1 is 1.15 bits per heavy atom. The van der Waals surface area contributed by atoms with E-state index in [4.69, 9.17) is 9.47 Å². The number of carbonyl (C=O) groups is 2. The van der Waals surface area contributed by atoms with Crippen LogP contribution in [0.4, 0.5) is 10.1 Å². The molecule has 1 N–H and O–H groups in total. The fourth-order valence-corrected chi connectivity index (χ4v) is 2.73. The molecule has 0 spiro atoms. The van der Waals surface area contributed by atoms with Crippen LogP contribution < -0.4 is 14.8 Å². The Kier molecular flexibility index (Phi) is 5.18. The van der Waals surface area contributed by atoms with Crippen molar-refractivity contribution >= 4 is 17.4 Å². The summed E-state index contributed by atoms with van der Waals surface area (Å²) in [5.41, 5.74) is 1.65. The number of rotatable bonds is 6. The first-order valence-corrected chi connectivity index (χ1v) is 8.10. The number of Topliss-reactive ketones (excluding diaryl/α,β-unsaturated/α-hetero) is 1. The van der Waals surface area contributed by atoms with Crippen molar-refractivity contribution in [3.05, 3.63) is 53.3 Å². The van der Waals surface area contributed by atoms with Crippen LogP contribution in [0.15, 0.2) is 36.4 Å². The second-order valence-electron chi connectivity index (χ2n) is 6.15. The summed E-state index contributed by atoms with van der Waals surface area (Å²) < 4.78 is 23.5. The zero-order chi connectivity index (χ0) is 18.7. The smallest absolute Gasteiger partial charge is 0.238 e. The molecule has 136 valence electrons. The van der Waals surface area contributed by atoms with Crippen LogP contribution in [0.3, 0.4) is 0 Å². The molecule has 2 aromatic rings. The molecule has 6 nitrogen and oxygen atoms in total. The molecule has 7 heteroatoms. The van der Waals surface area contributed by atoms with Gasteiger partial charge in [0.1, 0.15) is 5.82 Å². The van der Waals surface area contributed by atoms with Gasteiger partial charge < -0.3 is 14.8 Å². The second-order valence-corrected chi connectivity index (χ2v) is 6.15. The molecule has 2 aromatic carbocycles. The summed E-state index contributed by atoms with van der Waals surface area (Å²) in [7, 11) is 1.79. The van der Waals surface area contributed by atoms with Crippen LogP contribution in [-0.4, -0.2) is 37.0 Å². The van der Waals surface area contributed by atoms with Gasteiger partial charge >= 0.3 is 0 Å². The summed E-state index contributed by atoms with van der Waals surface area (Å²) in [4.78, 5) is 26.0. The van der Waals surface area contributed by atoms with Crippen LogP contribution in [0, 0.1) is 5.82 Å². The Bertz CT molecular complexity index is 836. The fraction of sp³-hybridized carbons (Fsp3) is 0.263. The lowest BCUT2D eigenvalue weighted by atomic mass is 10.1. The highest BCUT2D eigenvalue weighted by molar-refractivity contribution is 6.05. The average molecular weight is 358 g/mol. The molecule has 1 aliphatic rings. The number of anilines is 1. The number of hydrogen-bond donors (Lipinski definition) is 1. The standard InChI is InChI=1S/C19H19FN2O4/c1-12(23)15-7-17-18(26-11-25-17)8-16(15)21-19(24)10-22(2)9-13-3-5-14(20)6-4-13/h3-8H,9-11H2,1-2H3,(H,21,24). The summed E-state index contributed by atoms with van der Waals surface area (Å²) in [5.74, 6) is 0.231. The van der Waals surface area contributed by atoms with E-state index in [2.05, 4.69) is 5.32 Å².